The van der Waals surface area contributed by atoms with Gasteiger partial charge in [-0.05, 0) is 39.5 Å². The molecule has 0 spiro atoms. The summed E-state index contributed by atoms with van der Waals surface area (Å²) in [6, 6.07) is 0.699. The van der Waals surface area contributed by atoms with Gasteiger partial charge in [-0.25, -0.2) is 9.78 Å². The van der Waals surface area contributed by atoms with Crippen molar-refractivity contribution in [2.75, 3.05) is 26.2 Å². The lowest BCUT2D eigenvalue weighted by Crippen LogP contribution is -2.45. The first kappa shape index (κ1) is 14.4. The molecule has 116 valence electrons. The van der Waals surface area contributed by atoms with Crippen molar-refractivity contribution < 1.29 is 4.79 Å². The Hall–Kier alpha value is -1.52. The number of carbonyl (C=O) groups is 1. The first-order chi connectivity index (χ1) is 10.2. The molecule has 0 aromatic carbocycles. The molecule has 3 heterocycles. The molecule has 0 N–H and O–H groups in total. The highest BCUT2D eigenvalue weighted by atomic mass is 16.2. The average Bonchev–Trinajstić information content (AvgIpc) is 3.18. The standard InChI is InChI=1S/C16H26N4O/c1-13(2)20-12-7-17-15(20)14-5-10-19(11-6-14)16(21)18-8-3-4-9-18/h7,12-14H,3-6,8-11H2,1-2H3. The number of aromatic nitrogens is 2. The molecule has 2 saturated heterocycles. The van der Waals surface area contributed by atoms with Crippen LogP contribution in [0.2, 0.25) is 0 Å². The number of piperidine rings is 1. The Morgan fingerprint density at radius 2 is 1.76 bits per heavy atom. The first-order valence-electron chi connectivity index (χ1n) is 8.23. The number of rotatable bonds is 2. The maximum Gasteiger partial charge on any atom is 0.319 e. The maximum absolute atomic E-state index is 12.4. The summed E-state index contributed by atoms with van der Waals surface area (Å²) >= 11 is 0. The van der Waals surface area contributed by atoms with Gasteiger partial charge in [-0.3, -0.25) is 0 Å². The van der Waals surface area contributed by atoms with E-state index < -0.39 is 0 Å². The highest BCUT2D eigenvalue weighted by Crippen LogP contribution is 2.29. The Morgan fingerprint density at radius 1 is 1.14 bits per heavy atom. The van der Waals surface area contributed by atoms with Crippen LogP contribution in [0.4, 0.5) is 4.79 Å². The molecular formula is C16H26N4O. The fourth-order valence-corrected chi connectivity index (χ4v) is 3.51. The Bertz CT molecular complexity index is 482. The van der Waals surface area contributed by atoms with Gasteiger partial charge in [0.2, 0.25) is 0 Å². The van der Waals surface area contributed by atoms with Gasteiger partial charge in [0.05, 0.1) is 0 Å². The highest BCUT2D eigenvalue weighted by Gasteiger charge is 2.29. The largest absolute Gasteiger partial charge is 0.332 e. The van der Waals surface area contributed by atoms with Gasteiger partial charge in [0.15, 0.2) is 0 Å². The van der Waals surface area contributed by atoms with Gasteiger partial charge in [0, 0.05) is 50.5 Å². The molecule has 0 bridgehead atoms. The molecule has 21 heavy (non-hydrogen) atoms. The van der Waals surface area contributed by atoms with E-state index in [4.69, 9.17) is 0 Å². The van der Waals surface area contributed by atoms with Gasteiger partial charge in [-0.2, -0.15) is 0 Å². The van der Waals surface area contributed by atoms with E-state index in [-0.39, 0.29) is 6.03 Å². The first-order valence-corrected chi connectivity index (χ1v) is 8.23. The van der Waals surface area contributed by atoms with Gasteiger partial charge in [-0.15, -0.1) is 0 Å². The Kier molecular flexibility index (Phi) is 4.17. The lowest BCUT2D eigenvalue weighted by molar-refractivity contribution is 0.147. The fourth-order valence-electron chi connectivity index (χ4n) is 3.51. The maximum atomic E-state index is 12.4. The summed E-state index contributed by atoms with van der Waals surface area (Å²) in [5, 5.41) is 0. The van der Waals surface area contributed by atoms with Crippen molar-refractivity contribution in [1.29, 1.82) is 0 Å². The average molecular weight is 290 g/mol. The van der Waals surface area contributed by atoms with E-state index in [1.807, 2.05) is 16.0 Å². The van der Waals surface area contributed by atoms with E-state index in [1.165, 1.54) is 5.82 Å². The molecular weight excluding hydrogens is 264 g/mol. The van der Waals surface area contributed by atoms with Gasteiger partial charge in [-0.1, -0.05) is 0 Å². The number of nitrogens with zero attached hydrogens (tertiary/aromatic N) is 4. The molecule has 2 fully saturated rings. The summed E-state index contributed by atoms with van der Waals surface area (Å²) in [7, 11) is 0. The summed E-state index contributed by atoms with van der Waals surface area (Å²) in [6.07, 6.45) is 8.35. The number of imidazole rings is 1. The van der Waals surface area contributed by atoms with Crippen LogP contribution < -0.4 is 0 Å². The number of carbonyl (C=O) groups excluding carboxylic acids is 1. The molecule has 1 aromatic rings. The van der Waals surface area contributed by atoms with Gasteiger partial charge in [0.1, 0.15) is 5.82 Å². The van der Waals surface area contributed by atoms with Crippen LogP contribution in [0.5, 0.6) is 0 Å². The molecule has 0 saturated carbocycles. The predicted octanol–water partition coefficient (Wildman–Crippen LogP) is 2.86. The lowest BCUT2D eigenvalue weighted by Gasteiger charge is -2.34. The highest BCUT2D eigenvalue weighted by molar-refractivity contribution is 5.74. The van der Waals surface area contributed by atoms with Gasteiger partial charge < -0.3 is 14.4 Å². The Morgan fingerprint density at radius 3 is 2.38 bits per heavy atom. The molecule has 0 atom stereocenters. The molecule has 5 heteroatoms. The van der Waals surface area contributed by atoms with E-state index in [0.29, 0.717) is 12.0 Å². The molecule has 0 unspecified atom stereocenters. The topological polar surface area (TPSA) is 41.4 Å². The summed E-state index contributed by atoms with van der Waals surface area (Å²) < 4.78 is 2.27. The van der Waals surface area contributed by atoms with Crippen LogP contribution in [0.1, 0.15) is 57.3 Å². The number of hydrogen-bond acceptors (Lipinski definition) is 2. The summed E-state index contributed by atoms with van der Waals surface area (Å²) in [5.74, 6) is 1.68. The van der Waals surface area contributed by atoms with Crippen molar-refractivity contribution in [1.82, 2.24) is 19.4 Å². The molecule has 0 aliphatic carbocycles. The van der Waals surface area contributed by atoms with Crippen molar-refractivity contribution in [3.8, 4) is 0 Å². The van der Waals surface area contributed by atoms with Crippen LogP contribution in [-0.4, -0.2) is 51.6 Å². The fraction of sp³-hybridized carbons (Fsp3) is 0.750. The lowest BCUT2D eigenvalue weighted by atomic mass is 9.96. The van der Waals surface area contributed by atoms with Crippen molar-refractivity contribution >= 4 is 6.03 Å². The summed E-state index contributed by atoms with van der Waals surface area (Å²) in [6.45, 7) is 8.00. The molecule has 3 rings (SSSR count). The van der Waals surface area contributed by atoms with Crippen LogP contribution in [-0.2, 0) is 0 Å². The molecule has 2 amide bonds. The van der Waals surface area contributed by atoms with Crippen LogP contribution in [0.3, 0.4) is 0 Å². The second-order valence-electron chi connectivity index (χ2n) is 6.52. The SMILES string of the molecule is CC(C)n1ccnc1C1CCN(C(=O)N2CCCC2)CC1. The number of likely N-dealkylation sites (tertiary alicyclic amines) is 2. The smallest absolute Gasteiger partial charge is 0.319 e. The van der Waals surface area contributed by atoms with Crippen molar-refractivity contribution in [2.45, 2.75) is 51.5 Å². The Balaban J connectivity index is 1.59. The van der Waals surface area contributed by atoms with Crippen molar-refractivity contribution in [3.05, 3.63) is 18.2 Å². The second kappa shape index (κ2) is 6.08. The van der Waals surface area contributed by atoms with Crippen molar-refractivity contribution in [3.63, 3.8) is 0 Å². The zero-order chi connectivity index (χ0) is 14.8. The minimum absolute atomic E-state index is 0.248. The second-order valence-corrected chi connectivity index (χ2v) is 6.52. The number of urea groups is 1. The molecule has 2 aliphatic heterocycles. The molecule has 1 aromatic heterocycles. The Labute approximate surface area is 126 Å². The van der Waals surface area contributed by atoms with Crippen LogP contribution in [0, 0.1) is 0 Å². The molecule has 0 radical (unpaired) electrons. The van der Waals surface area contributed by atoms with E-state index in [9.17, 15) is 4.79 Å². The van der Waals surface area contributed by atoms with Crippen molar-refractivity contribution in [2.24, 2.45) is 0 Å². The predicted molar refractivity (Wildman–Crippen MR) is 82.4 cm³/mol. The van der Waals surface area contributed by atoms with E-state index in [0.717, 1.165) is 51.9 Å². The van der Waals surface area contributed by atoms with E-state index >= 15 is 0 Å². The summed E-state index contributed by atoms with van der Waals surface area (Å²) in [4.78, 5) is 21.0. The zero-order valence-corrected chi connectivity index (χ0v) is 13.2. The summed E-state index contributed by atoms with van der Waals surface area (Å²) in [5.41, 5.74) is 0. The monoisotopic (exact) mass is 290 g/mol. The van der Waals surface area contributed by atoms with Crippen LogP contribution in [0.15, 0.2) is 12.4 Å². The molecule has 5 nitrogen and oxygen atoms in total. The minimum Gasteiger partial charge on any atom is -0.332 e. The van der Waals surface area contributed by atoms with Gasteiger partial charge >= 0.3 is 6.03 Å². The third-order valence-corrected chi connectivity index (χ3v) is 4.76. The number of amides is 2. The van der Waals surface area contributed by atoms with E-state index in [1.54, 1.807) is 0 Å². The van der Waals surface area contributed by atoms with Crippen LogP contribution >= 0.6 is 0 Å². The van der Waals surface area contributed by atoms with E-state index in [2.05, 4.69) is 29.6 Å². The van der Waals surface area contributed by atoms with Crippen LogP contribution in [0.25, 0.3) is 0 Å². The molecule has 2 aliphatic rings. The third kappa shape index (κ3) is 2.92. The normalized spacial score (nSPS) is 20.5. The van der Waals surface area contributed by atoms with Gasteiger partial charge in [0.25, 0.3) is 0 Å². The third-order valence-electron chi connectivity index (χ3n) is 4.76. The number of hydrogen-bond donors (Lipinski definition) is 0. The quantitative estimate of drug-likeness (QED) is 0.840. The zero-order valence-electron chi connectivity index (χ0n) is 13.2. The minimum atomic E-state index is 0.248.